The van der Waals surface area contributed by atoms with Crippen molar-refractivity contribution in [1.82, 2.24) is 9.78 Å². The normalized spacial score (nSPS) is 13.2. The molecule has 126 valence electrons. The Labute approximate surface area is 125 Å². The highest BCUT2D eigenvalue weighted by Crippen LogP contribution is 2.37. The smallest absolute Gasteiger partial charge is 0.435 e. The predicted octanol–water partition coefficient (Wildman–Crippen LogP) is 2.96. The second kappa shape index (κ2) is 6.15. The molecule has 0 aromatic carbocycles. The summed E-state index contributed by atoms with van der Waals surface area (Å²) in [6, 6.07) is 1.19. The number of nitrogens with zero attached hydrogens (tertiary/aromatic N) is 2. The zero-order chi connectivity index (χ0) is 17.2. The van der Waals surface area contributed by atoms with Crippen LogP contribution in [0.4, 0.5) is 18.0 Å². The van der Waals surface area contributed by atoms with E-state index < -0.39 is 29.9 Å². The molecule has 22 heavy (non-hydrogen) atoms. The van der Waals surface area contributed by atoms with Gasteiger partial charge in [-0.3, -0.25) is 0 Å². The van der Waals surface area contributed by atoms with Crippen LogP contribution in [0.3, 0.4) is 0 Å². The number of hydrogen-bond acceptors (Lipinski definition) is 5. The molecule has 6 nitrogen and oxygen atoms in total. The predicted molar refractivity (Wildman–Crippen MR) is 70.5 cm³/mol. The minimum absolute atomic E-state index is 0.217. The van der Waals surface area contributed by atoms with Crippen molar-refractivity contribution < 1.29 is 32.5 Å². The van der Waals surface area contributed by atoms with Crippen molar-refractivity contribution in [1.29, 1.82) is 0 Å². The Kier molecular flexibility index (Phi) is 5.11. The monoisotopic (exact) mass is 324 g/mol. The Morgan fingerprint density at radius 1 is 1.27 bits per heavy atom. The van der Waals surface area contributed by atoms with E-state index >= 15 is 0 Å². The first-order chi connectivity index (χ1) is 9.84. The molecule has 0 saturated carbocycles. The Balaban J connectivity index is 2.52. The molecular formula is C13H19F3N2O4. The maximum absolute atomic E-state index is 12.7. The second-order valence-corrected chi connectivity index (χ2v) is 6.12. The first-order valence-electron chi connectivity index (χ1n) is 6.46. The van der Waals surface area contributed by atoms with E-state index in [-0.39, 0.29) is 12.5 Å². The third-order valence-corrected chi connectivity index (χ3v) is 2.81. The molecule has 0 saturated heterocycles. The van der Waals surface area contributed by atoms with E-state index in [0.29, 0.717) is 0 Å². The molecule has 1 aromatic rings. The standard InChI is InChI=1S/C13H19F3N2O4/c1-11(2,13(14,15)16)7-21-8-12(3,4)22-10(20)18-6-5-9(19)17-18/h5-6H,7-8H2,1-4H3,(H,17,19). The number of halogens is 3. The van der Waals surface area contributed by atoms with E-state index in [0.717, 1.165) is 18.5 Å². The molecule has 0 radical (unpaired) electrons. The average molecular weight is 324 g/mol. The van der Waals surface area contributed by atoms with Gasteiger partial charge in [-0.15, -0.1) is 5.10 Å². The first-order valence-corrected chi connectivity index (χ1v) is 6.46. The largest absolute Gasteiger partial charge is 0.492 e. The van der Waals surface area contributed by atoms with E-state index in [2.05, 4.69) is 5.10 Å². The fraction of sp³-hybridized carbons (Fsp3) is 0.692. The van der Waals surface area contributed by atoms with E-state index in [1.165, 1.54) is 26.1 Å². The van der Waals surface area contributed by atoms with Gasteiger partial charge in [0, 0.05) is 12.3 Å². The molecule has 0 bridgehead atoms. The van der Waals surface area contributed by atoms with Gasteiger partial charge >= 0.3 is 12.3 Å². The SMILES string of the molecule is CC(C)(COCC(C)(C)C(F)(F)F)OC(=O)n1ccc(O)n1. The third-order valence-electron chi connectivity index (χ3n) is 2.81. The molecule has 0 spiro atoms. The molecule has 1 aromatic heterocycles. The molecule has 0 fully saturated rings. The fourth-order valence-electron chi connectivity index (χ4n) is 1.36. The lowest BCUT2D eigenvalue weighted by molar-refractivity contribution is -0.230. The summed E-state index contributed by atoms with van der Waals surface area (Å²) in [6.07, 6.45) is -4.06. The van der Waals surface area contributed by atoms with Crippen LogP contribution in [0.1, 0.15) is 27.7 Å². The molecule has 0 aliphatic heterocycles. The molecule has 0 atom stereocenters. The van der Waals surface area contributed by atoms with Gasteiger partial charge in [0.15, 0.2) is 0 Å². The van der Waals surface area contributed by atoms with Crippen molar-refractivity contribution in [2.24, 2.45) is 5.41 Å². The van der Waals surface area contributed by atoms with Crippen LogP contribution in [0.25, 0.3) is 0 Å². The van der Waals surface area contributed by atoms with Gasteiger partial charge in [-0.25, -0.2) is 4.79 Å². The van der Waals surface area contributed by atoms with Crippen LogP contribution in [0, 0.1) is 5.41 Å². The molecule has 9 heteroatoms. The van der Waals surface area contributed by atoms with Crippen molar-refractivity contribution in [2.45, 2.75) is 39.5 Å². The van der Waals surface area contributed by atoms with Gasteiger partial charge < -0.3 is 14.6 Å². The van der Waals surface area contributed by atoms with Gasteiger partial charge in [-0.05, 0) is 27.7 Å². The summed E-state index contributed by atoms with van der Waals surface area (Å²) in [5.74, 6) is -0.349. The third kappa shape index (κ3) is 4.90. The van der Waals surface area contributed by atoms with Gasteiger partial charge in [0.05, 0.1) is 18.6 Å². The van der Waals surface area contributed by atoms with Crippen molar-refractivity contribution in [3.63, 3.8) is 0 Å². The number of alkyl halides is 3. The zero-order valence-electron chi connectivity index (χ0n) is 12.8. The van der Waals surface area contributed by atoms with Gasteiger partial charge in [0.1, 0.15) is 5.60 Å². The van der Waals surface area contributed by atoms with Crippen LogP contribution in [-0.2, 0) is 9.47 Å². The van der Waals surface area contributed by atoms with Gasteiger partial charge in [0.25, 0.3) is 0 Å². The molecule has 1 N–H and O–H groups in total. The van der Waals surface area contributed by atoms with Crippen molar-refractivity contribution in [2.75, 3.05) is 13.2 Å². The summed E-state index contributed by atoms with van der Waals surface area (Å²) >= 11 is 0. The molecule has 0 amide bonds. The van der Waals surface area contributed by atoms with Crippen LogP contribution >= 0.6 is 0 Å². The van der Waals surface area contributed by atoms with Gasteiger partial charge in [-0.2, -0.15) is 17.9 Å². The lowest BCUT2D eigenvalue weighted by Crippen LogP contribution is -2.40. The summed E-state index contributed by atoms with van der Waals surface area (Å²) in [6.45, 7) is 4.27. The molecule has 0 unspecified atom stereocenters. The number of aromatic hydroxyl groups is 1. The maximum atomic E-state index is 12.7. The van der Waals surface area contributed by atoms with Crippen LogP contribution in [-0.4, -0.2) is 46.0 Å². The first kappa shape index (κ1) is 18.3. The molecule has 1 rings (SSSR count). The molecule has 1 heterocycles. The van der Waals surface area contributed by atoms with Crippen LogP contribution < -0.4 is 0 Å². The van der Waals surface area contributed by atoms with Crippen LogP contribution in [0.5, 0.6) is 5.88 Å². The summed E-state index contributed by atoms with van der Waals surface area (Å²) in [4.78, 5) is 11.7. The summed E-state index contributed by atoms with van der Waals surface area (Å²) < 4.78 is 49.0. The number of rotatable bonds is 5. The average Bonchev–Trinajstić information content (AvgIpc) is 2.73. The van der Waals surface area contributed by atoms with Crippen molar-refractivity contribution in [3.8, 4) is 5.88 Å². The number of aromatic nitrogens is 2. The van der Waals surface area contributed by atoms with Gasteiger partial charge in [-0.1, -0.05) is 0 Å². The maximum Gasteiger partial charge on any atom is 0.435 e. The van der Waals surface area contributed by atoms with E-state index in [9.17, 15) is 18.0 Å². The minimum Gasteiger partial charge on any atom is -0.492 e. The number of carbonyl (C=O) groups excluding carboxylic acids is 1. The Bertz CT molecular complexity index is 524. The summed E-state index contributed by atoms with van der Waals surface area (Å²) in [7, 11) is 0. The number of carbonyl (C=O) groups is 1. The highest BCUT2D eigenvalue weighted by Gasteiger charge is 2.47. The minimum atomic E-state index is -4.39. The molecule has 0 aliphatic rings. The van der Waals surface area contributed by atoms with Crippen molar-refractivity contribution >= 4 is 6.09 Å². The Hall–Kier alpha value is -1.77. The summed E-state index contributed by atoms with van der Waals surface area (Å²) in [5.41, 5.74) is -3.15. The second-order valence-electron chi connectivity index (χ2n) is 6.12. The highest BCUT2D eigenvalue weighted by molar-refractivity contribution is 5.69. The Morgan fingerprint density at radius 3 is 2.32 bits per heavy atom. The topological polar surface area (TPSA) is 73.6 Å². The van der Waals surface area contributed by atoms with Crippen LogP contribution in [0.2, 0.25) is 0 Å². The Morgan fingerprint density at radius 2 is 1.86 bits per heavy atom. The van der Waals surface area contributed by atoms with E-state index in [4.69, 9.17) is 14.6 Å². The molecular weight excluding hydrogens is 305 g/mol. The number of ether oxygens (including phenoxy) is 2. The van der Waals surface area contributed by atoms with Crippen LogP contribution in [0.15, 0.2) is 12.3 Å². The fourth-order valence-corrected chi connectivity index (χ4v) is 1.36. The quantitative estimate of drug-likeness (QED) is 0.901. The van der Waals surface area contributed by atoms with Crippen molar-refractivity contribution in [3.05, 3.63) is 12.3 Å². The molecule has 0 aliphatic carbocycles. The summed E-state index contributed by atoms with van der Waals surface area (Å²) in [5, 5.41) is 12.5. The van der Waals surface area contributed by atoms with E-state index in [1.54, 1.807) is 0 Å². The number of hydrogen-bond donors (Lipinski definition) is 1. The van der Waals surface area contributed by atoms with Gasteiger partial charge in [0.2, 0.25) is 5.88 Å². The lowest BCUT2D eigenvalue weighted by Gasteiger charge is -2.30. The zero-order valence-corrected chi connectivity index (χ0v) is 12.8. The van der Waals surface area contributed by atoms with E-state index in [1.807, 2.05) is 0 Å². The lowest BCUT2D eigenvalue weighted by atomic mass is 9.94. The highest BCUT2D eigenvalue weighted by atomic mass is 19.4.